The van der Waals surface area contributed by atoms with E-state index in [1.807, 2.05) is 0 Å². The Balaban J connectivity index is 2.08. The topological polar surface area (TPSA) is 9.23 Å². The number of hydrogen-bond acceptors (Lipinski definition) is 1. The van der Waals surface area contributed by atoms with E-state index in [9.17, 15) is 13.2 Å². The first kappa shape index (κ1) is 14.5. The molecule has 0 saturated carbocycles. The highest BCUT2D eigenvalue weighted by Gasteiger charge is 2.13. The number of rotatable bonds is 2. The Bertz CT molecular complexity index is 558. The molecule has 1 nitrogen and oxygen atoms in total. The molecule has 0 bridgehead atoms. The zero-order chi connectivity index (χ0) is 14.5. The second kappa shape index (κ2) is 6.51. The zero-order valence-corrected chi connectivity index (χ0v) is 11.2. The molecule has 1 unspecified atom stereocenters. The molecule has 4 heteroatoms. The molecule has 0 radical (unpaired) electrons. The van der Waals surface area contributed by atoms with Crippen LogP contribution in [0.25, 0.3) is 0 Å². The quantitative estimate of drug-likeness (QED) is 0.579. The number of hydrogen-bond donors (Lipinski definition) is 0. The van der Waals surface area contributed by atoms with E-state index < -0.39 is 17.5 Å². The van der Waals surface area contributed by atoms with E-state index in [1.165, 1.54) is 0 Å². The van der Waals surface area contributed by atoms with Crippen LogP contribution in [0.15, 0.2) is 24.0 Å². The third kappa shape index (κ3) is 3.57. The van der Waals surface area contributed by atoms with Crippen molar-refractivity contribution in [2.45, 2.75) is 38.7 Å². The summed E-state index contributed by atoms with van der Waals surface area (Å²) in [5, 5.41) is 0. The Morgan fingerprint density at radius 2 is 1.90 bits per heavy atom. The predicted octanol–water partition coefficient (Wildman–Crippen LogP) is 4.32. The zero-order valence-electron chi connectivity index (χ0n) is 11.2. The Labute approximate surface area is 116 Å². The SMILES string of the molecule is CCCC1CCC(C#Cc2cc(F)c(F)c(F)c2)=CO1. The van der Waals surface area contributed by atoms with Crippen molar-refractivity contribution in [1.29, 1.82) is 0 Å². The van der Waals surface area contributed by atoms with Gasteiger partial charge in [0.15, 0.2) is 17.5 Å². The maximum absolute atomic E-state index is 13.0. The summed E-state index contributed by atoms with van der Waals surface area (Å²) in [5.74, 6) is 1.50. The summed E-state index contributed by atoms with van der Waals surface area (Å²) in [7, 11) is 0. The minimum atomic E-state index is -1.47. The molecule has 1 aromatic rings. The van der Waals surface area contributed by atoms with Crippen molar-refractivity contribution in [3.63, 3.8) is 0 Å². The standard InChI is InChI=1S/C16H15F3O/c1-2-3-13-7-6-11(10-20-13)4-5-12-8-14(17)16(19)15(18)9-12/h8-10,13H,2-3,6-7H2,1H3. The van der Waals surface area contributed by atoms with Gasteiger partial charge in [0.1, 0.15) is 0 Å². The molecule has 1 aliphatic rings. The molecule has 20 heavy (non-hydrogen) atoms. The lowest BCUT2D eigenvalue weighted by atomic mass is 10.0. The molecule has 106 valence electrons. The number of benzene rings is 1. The normalized spacial score (nSPS) is 17.8. The van der Waals surface area contributed by atoms with E-state index >= 15 is 0 Å². The first-order valence-electron chi connectivity index (χ1n) is 6.61. The van der Waals surface area contributed by atoms with Crippen LogP contribution in [0.2, 0.25) is 0 Å². The molecule has 1 aliphatic heterocycles. The molecule has 2 rings (SSSR count). The van der Waals surface area contributed by atoms with Crippen LogP contribution in [0, 0.1) is 29.3 Å². The lowest BCUT2D eigenvalue weighted by molar-refractivity contribution is 0.112. The summed E-state index contributed by atoms with van der Waals surface area (Å²) in [6.45, 7) is 2.10. The molecular weight excluding hydrogens is 265 g/mol. The maximum atomic E-state index is 13.0. The fraction of sp³-hybridized carbons (Fsp3) is 0.375. The maximum Gasteiger partial charge on any atom is 0.194 e. The molecule has 0 aromatic heterocycles. The lowest BCUT2D eigenvalue weighted by Crippen LogP contribution is -2.13. The van der Waals surface area contributed by atoms with E-state index in [1.54, 1.807) is 6.26 Å². The van der Waals surface area contributed by atoms with Gasteiger partial charge < -0.3 is 4.74 Å². The monoisotopic (exact) mass is 280 g/mol. The first-order chi connectivity index (χ1) is 9.60. The highest BCUT2D eigenvalue weighted by Crippen LogP contribution is 2.20. The highest BCUT2D eigenvalue weighted by atomic mass is 19.2. The number of ether oxygens (including phenoxy) is 1. The largest absolute Gasteiger partial charge is 0.497 e. The van der Waals surface area contributed by atoms with Gasteiger partial charge in [-0.15, -0.1) is 0 Å². The van der Waals surface area contributed by atoms with Crippen molar-refractivity contribution in [1.82, 2.24) is 0 Å². The number of allylic oxidation sites excluding steroid dienone is 1. The van der Waals surface area contributed by atoms with Crippen molar-refractivity contribution in [2.24, 2.45) is 0 Å². The van der Waals surface area contributed by atoms with Gasteiger partial charge in [0.2, 0.25) is 0 Å². The van der Waals surface area contributed by atoms with E-state index in [0.29, 0.717) is 0 Å². The Morgan fingerprint density at radius 3 is 2.45 bits per heavy atom. The minimum absolute atomic E-state index is 0.109. The summed E-state index contributed by atoms with van der Waals surface area (Å²) in [6.07, 6.45) is 5.57. The van der Waals surface area contributed by atoms with E-state index in [2.05, 4.69) is 18.8 Å². The lowest BCUT2D eigenvalue weighted by Gasteiger charge is -2.20. The summed E-state index contributed by atoms with van der Waals surface area (Å²) in [5.41, 5.74) is 0.889. The van der Waals surface area contributed by atoms with Crippen LogP contribution >= 0.6 is 0 Å². The van der Waals surface area contributed by atoms with Gasteiger partial charge in [0.05, 0.1) is 12.4 Å². The van der Waals surface area contributed by atoms with Gasteiger partial charge in [0.25, 0.3) is 0 Å². The van der Waals surface area contributed by atoms with Gasteiger partial charge in [-0.25, -0.2) is 13.2 Å². The molecule has 0 saturated heterocycles. The molecule has 1 heterocycles. The third-order valence-corrected chi connectivity index (χ3v) is 3.10. The Kier molecular flexibility index (Phi) is 4.73. The van der Waals surface area contributed by atoms with Gasteiger partial charge in [-0.05, 0) is 31.4 Å². The van der Waals surface area contributed by atoms with Crippen LogP contribution in [-0.2, 0) is 4.74 Å². The molecule has 0 fully saturated rings. The molecule has 0 N–H and O–H groups in total. The van der Waals surface area contributed by atoms with Gasteiger partial charge >= 0.3 is 0 Å². The highest BCUT2D eigenvalue weighted by molar-refractivity contribution is 5.41. The van der Waals surface area contributed by atoms with E-state index in [-0.39, 0.29) is 11.7 Å². The molecular formula is C16H15F3O. The third-order valence-electron chi connectivity index (χ3n) is 3.10. The van der Waals surface area contributed by atoms with Crippen LogP contribution in [0.1, 0.15) is 38.2 Å². The fourth-order valence-corrected chi connectivity index (χ4v) is 2.03. The van der Waals surface area contributed by atoms with Crippen LogP contribution in [0.4, 0.5) is 13.2 Å². The predicted molar refractivity (Wildman–Crippen MR) is 70.3 cm³/mol. The fourth-order valence-electron chi connectivity index (χ4n) is 2.03. The summed E-state index contributed by atoms with van der Waals surface area (Å²) < 4.78 is 44.3. The van der Waals surface area contributed by atoms with Gasteiger partial charge in [-0.3, -0.25) is 0 Å². The summed E-state index contributed by atoms with van der Waals surface area (Å²) >= 11 is 0. The average molecular weight is 280 g/mol. The first-order valence-corrected chi connectivity index (χ1v) is 6.61. The van der Waals surface area contributed by atoms with Crippen molar-refractivity contribution >= 4 is 0 Å². The van der Waals surface area contributed by atoms with Gasteiger partial charge in [-0.1, -0.05) is 25.2 Å². The van der Waals surface area contributed by atoms with Gasteiger partial charge in [0, 0.05) is 11.1 Å². The molecule has 1 aromatic carbocycles. The summed E-state index contributed by atoms with van der Waals surface area (Å²) in [6, 6.07) is 1.77. The van der Waals surface area contributed by atoms with E-state index in [4.69, 9.17) is 4.74 Å². The van der Waals surface area contributed by atoms with Gasteiger partial charge in [-0.2, -0.15) is 0 Å². The molecule has 0 spiro atoms. The van der Waals surface area contributed by atoms with E-state index in [0.717, 1.165) is 43.4 Å². The Morgan fingerprint density at radius 1 is 1.20 bits per heavy atom. The molecule has 0 amide bonds. The van der Waals surface area contributed by atoms with Crippen LogP contribution in [-0.4, -0.2) is 6.10 Å². The Hall–Kier alpha value is -1.89. The molecule has 1 atom stereocenters. The average Bonchev–Trinajstić information content (AvgIpc) is 2.44. The molecule has 0 aliphatic carbocycles. The smallest absolute Gasteiger partial charge is 0.194 e. The van der Waals surface area contributed by atoms with Crippen LogP contribution in [0.3, 0.4) is 0 Å². The van der Waals surface area contributed by atoms with Crippen molar-refractivity contribution in [3.8, 4) is 11.8 Å². The van der Waals surface area contributed by atoms with Crippen molar-refractivity contribution in [3.05, 3.63) is 47.0 Å². The van der Waals surface area contributed by atoms with Crippen molar-refractivity contribution in [2.75, 3.05) is 0 Å². The minimum Gasteiger partial charge on any atom is -0.497 e. The summed E-state index contributed by atoms with van der Waals surface area (Å²) in [4.78, 5) is 0. The second-order valence-electron chi connectivity index (χ2n) is 4.73. The number of halogens is 3. The van der Waals surface area contributed by atoms with Crippen LogP contribution in [0.5, 0.6) is 0 Å². The van der Waals surface area contributed by atoms with Crippen LogP contribution < -0.4 is 0 Å². The van der Waals surface area contributed by atoms with Crippen molar-refractivity contribution < 1.29 is 17.9 Å². The second-order valence-corrected chi connectivity index (χ2v) is 4.73.